The molecular formula is C38H54O16. The summed E-state index contributed by atoms with van der Waals surface area (Å²) in [7, 11) is 0. The van der Waals surface area contributed by atoms with Crippen LogP contribution in [0, 0.1) is 22.7 Å². The molecule has 9 N–H and O–H groups in total. The fraction of sp³-hybridized carbons (Fsp3) is 0.789. The van der Waals surface area contributed by atoms with E-state index in [4.69, 9.17) is 23.4 Å². The Morgan fingerprint density at radius 1 is 0.833 bits per heavy atom. The van der Waals surface area contributed by atoms with E-state index < -0.39 is 120 Å². The zero-order valence-electron chi connectivity index (χ0n) is 30.6. The Morgan fingerprint density at radius 3 is 2.15 bits per heavy atom. The highest BCUT2D eigenvalue weighted by atomic mass is 16.7. The lowest BCUT2D eigenvalue weighted by atomic mass is 9.41. The third-order valence-electron chi connectivity index (χ3n) is 14.3. The van der Waals surface area contributed by atoms with Gasteiger partial charge in [0.1, 0.15) is 54.6 Å². The first-order valence-corrected chi connectivity index (χ1v) is 18.9. The Kier molecular flexibility index (Phi) is 10.6. The third kappa shape index (κ3) is 5.99. The number of carbonyl (C=O) groups is 1. The van der Waals surface area contributed by atoms with E-state index in [0.29, 0.717) is 38.5 Å². The zero-order valence-corrected chi connectivity index (χ0v) is 30.6. The van der Waals surface area contributed by atoms with Crippen LogP contribution in [0.15, 0.2) is 39.3 Å². The second-order valence-corrected chi connectivity index (χ2v) is 16.9. The van der Waals surface area contributed by atoms with Crippen molar-refractivity contribution in [2.24, 2.45) is 22.7 Å². The molecule has 302 valence electrons. The molecule has 3 saturated carbocycles. The van der Waals surface area contributed by atoms with Gasteiger partial charge in [-0.25, -0.2) is 4.79 Å². The Bertz CT molecular complexity index is 1630. The summed E-state index contributed by atoms with van der Waals surface area (Å²) in [5.41, 5.74) is -3.55. The standard InChI is InChI=1S/C38H54O16/c1-17(41)20-13-37(48)25(8-10-36(3)21(7-11-38(36,37)49)18-4-5-26(42)50-16-18)35(2)9-6-19(12-22(20)35)51-33-31(47)29(45)32(24(15-40)53-33)54-34-30(46)28(44)27(43)23(14-39)52-34/h4-5,12,16,19-21,23-25,27-34,39-40,43-49H,6-11,13-15H2,1-3H3/t19-,20-,21+,23?,24?,25+,27+,28-,29+,30?,31?,32+,33+,34-,35-,36+,37-,38+/m0/s1. The maximum atomic E-state index is 13.5. The lowest BCUT2D eigenvalue weighted by Crippen LogP contribution is -2.73. The monoisotopic (exact) mass is 766 g/mol. The largest absolute Gasteiger partial charge is 0.431 e. The number of rotatable bonds is 8. The minimum atomic E-state index is -1.80. The van der Waals surface area contributed by atoms with Gasteiger partial charge in [-0.3, -0.25) is 4.79 Å². The summed E-state index contributed by atoms with van der Waals surface area (Å²) in [5, 5.41) is 98.3. The summed E-state index contributed by atoms with van der Waals surface area (Å²) in [6.45, 7) is 4.02. The predicted molar refractivity (Wildman–Crippen MR) is 183 cm³/mol. The molecular weight excluding hydrogens is 712 g/mol. The number of aliphatic hydroxyl groups excluding tert-OH is 7. The highest BCUT2D eigenvalue weighted by Crippen LogP contribution is 2.72. The van der Waals surface area contributed by atoms with Gasteiger partial charge in [-0.05, 0) is 80.8 Å². The van der Waals surface area contributed by atoms with Gasteiger partial charge in [0.15, 0.2) is 12.6 Å². The number of ether oxygens (including phenoxy) is 4. The number of hydrogen-bond acceptors (Lipinski definition) is 16. The fourth-order valence-electron chi connectivity index (χ4n) is 11.2. The molecule has 54 heavy (non-hydrogen) atoms. The van der Waals surface area contributed by atoms with E-state index in [-0.39, 0.29) is 18.1 Å². The molecule has 16 heteroatoms. The van der Waals surface area contributed by atoms with Crippen LogP contribution in [0.1, 0.15) is 77.2 Å². The predicted octanol–water partition coefficient (Wildman–Crippen LogP) is -1.26. The molecule has 2 aliphatic heterocycles. The van der Waals surface area contributed by atoms with E-state index in [1.807, 2.05) is 19.9 Å². The van der Waals surface area contributed by atoms with Crippen molar-refractivity contribution in [3.63, 3.8) is 0 Å². The summed E-state index contributed by atoms with van der Waals surface area (Å²) in [6.07, 6.45) is -10.5. The lowest BCUT2D eigenvalue weighted by molar-refractivity contribution is -0.362. The molecule has 4 aliphatic carbocycles. The Labute approximate surface area is 311 Å². The molecule has 0 bridgehead atoms. The molecule has 6 aliphatic rings. The minimum absolute atomic E-state index is 0.00531. The number of aliphatic hydroxyl groups is 9. The average molecular weight is 767 g/mol. The second kappa shape index (κ2) is 14.3. The van der Waals surface area contributed by atoms with Crippen LogP contribution in [-0.4, -0.2) is 144 Å². The maximum absolute atomic E-state index is 13.5. The minimum Gasteiger partial charge on any atom is -0.431 e. The quantitative estimate of drug-likeness (QED) is 0.140. The fourth-order valence-corrected chi connectivity index (χ4v) is 11.2. The van der Waals surface area contributed by atoms with Crippen molar-refractivity contribution in [2.45, 2.75) is 150 Å². The summed E-state index contributed by atoms with van der Waals surface area (Å²) in [5.74, 6) is -1.53. The van der Waals surface area contributed by atoms with Crippen LogP contribution >= 0.6 is 0 Å². The van der Waals surface area contributed by atoms with E-state index >= 15 is 0 Å². The summed E-state index contributed by atoms with van der Waals surface area (Å²) in [4.78, 5) is 25.2. The molecule has 0 aromatic carbocycles. The van der Waals surface area contributed by atoms with Gasteiger partial charge < -0.3 is 69.3 Å². The highest BCUT2D eigenvalue weighted by molar-refractivity contribution is 5.82. The first kappa shape index (κ1) is 40.1. The van der Waals surface area contributed by atoms with Crippen molar-refractivity contribution >= 4 is 5.78 Å². The van der Waals surface area contributed by atoms with Gasteiger partial charge in [-0.15, -0.1) is 0 Å². The first-order chi connectivity index (χ1) is 25.4. The van der Waals surface area contributed by atoms with Crippen molar-refractivity contribution in [1.82, 2.24) is 0 Å². The van der Waals surface area contributed by atoms with Gasteiger partial charge in [0.25, 0.3) is 0 Å². The molecule has 0 radical (unpaired) electrons. The molecule has 1 aromatic rings. The lowest BCUT2D eigenvalue weighted by Gasteiger charge is -2.67. The topological polar surface area (TPSA) is 266 Å². The summed E-state index contributed by atoms with van der Waals surface area (Å²) >= 11 is 0. The highest BCUT2D eigenvalue weighted by Gasteiger charge is 2.74. The van der Waals surface area contributed by atoms with Gasteiger partial charge in [0, 0.05) is 17.4 Å². The number of fused-ring (bicyclic) bond motifs is 5. The molecule has 16 nitrogen and oxygen atoms in total. The number of carbonyl (C=O) groups excluding carboxylic acids is 1. The van der Waals surface area contributed by atoms with Gasteiger partial charge in [-0.2, -0.15) is 0 Å². The van der Waals surface area contributed by atoms with Crippen LogP contribution in [0.3, 0.4) is 0 Å². The van der Waals surface area contributed by atoms with E-state index in [0.717, 1.165) is 11.1 Å². The molecule has 5 fully saturated rings. The third-order valence-corrected chi connectivity index (χ3v) is 14.3. The van der Waals surface area contributed by atoms with Crippen LogP contribution in [-0.2, 0) is 23.7 Å². The second-order valence-electron chi connectivity index (χ2n) is 16.9. The number of Topliss-reactive ketones (excluding diaryl/α,β-unsaturated/α-hetero) is 1. The molecule has 1 aromatic heterocycles. The molecule has 7 rings (SSSR count). The van der Waals surface area contributed by atoms with Gasteiger partial charge >= 0.3 is 5.63 Å². The van der Waals surface area contributed by atoms with Gasteiger partial charge in [-0.1, -0.05) is 25.5 Å². The van der Waals surface area contributed by atoms with Crippen molar-refractivity contribution in [3.8, 4) is 0 Å². The number of allylic oxidation sites excluding steroid dienone is 1. The van der Waals surface area contributed by atoms with Crippen LogP contribution in [0.2, 0.25) is 0 Å². The average Bonchev–Trinajstić information content (AvgIpc) is 3.42. The maximum Gasteiger partial charge on any atom is 0.335 e. The Balaban J connectivity index is 1.11. The molecule has 0 spiro atoms. The molecule has 4 unspecified atom stereocenters. The molecule has 3 heterocycles. The van der Waals surface area contributed by atoms with Crippen LogP contribution in [0.5, 0.6) is 0 Å². The van der Waals surface area contributed by atoms with Crippen LogP contribution in [0.25, 0.3) is 0 Å². The van der Waals surface area contributed by atoms with Crippen molar-refractivity contribution < 1.29 is 74.1 Å². The zero-order chi connectivity index (χ0) is 39.1. The molecule has 18 atom stereocenters. The van der Waals surface area contributed by atoms with Crippen LogP contribution < -0.4 is 5.63 Å². The van der Waals surface area contributed by atoms with Crippen molar-refractivity contribution in [2.75, 3.05) is 13.2 Å². The van der Waals surface area contributed by atoms with E-state index in [2.05, 4.69) is 0 Å². The van der Waals surface area contributed by atoms with E-state index in [1.165, 1.54) is 19.3 Å². The van der Waals surface area contributed by atoms with Crippen molar-refractivity contribution in [1.29, 1.82) is 0 Å². The molecule has 2 saturated heterocycles. The number of ketones is 1. The van der Waals surface area contributed by atoms with E-state index in [9.17, 15) is 55.5 Å². The van der Waals surface area contributed by atoms with E-state index in [1.54, 1.807) is 6.07 Å². The normalized spacial score (nSPS) is 50.4. The number of hydrogen-bond donors (Lipinski definition) is 9. The molecule has 0 amide bonds. The van der Waals surface area contributed by atoms with Gasteiger partial charge in [0.05, 0.1) is 36.8 Å². The summed E-state index contributed by atoms with van der Waals surface area (Å²) < 4.78 is 28.3. The Morgan fingerprint density at radius 2 is 1.50 bits per heavy atom. The summed E-state index contributed by atoms with van der Waals surface area (Å²) in [6, 6.07) is 3.08. The Hall–Kier alpha value is -2.16. The van der Waals surface area contributed by atoms with Crippen LogP contribution in [0.4, 0.5) is 0 Å². The van der Waals surface area contributed by atoms with Gasteiger partial charge in [0.2, 0.25) is 0 Å². The van der Waals surface area contributed by atoms with Crippen molar-refractivity contribution in [3.05, 3.63) is 46.0 Å². The smallest absolute Gasteiger partial charge is 0.335 e. The SMILES string of the molecule is CC(=O)[C@@H]1C[C@]2(O)[C@H](CC[C@]3(C)[C@@H](c4ccc(=O)oc4)CC[C@@]32O)[C@@]2(C)CC[C@H](O[C@@H]3OC(CO)[C@@H](O[C@@H]4OC(CO)[C@@H](O)[C@H](O)C4O)[C@H](O)C3O)C=C12. The first-order valence-electron chi connectivity index (χ1n) is 18.9.